The fraction of sp³-hybridized carbons (Fsp3) is 0.615. The molecule has 0 unspecified atom stereocenters. The van der Waals surface area contributed by atoms with Gasteiger partial charge in [0.05, 0.1) is 20.8 Å². The Morgan fingerprint density at radius 1 is 1.25 bits per heavy atom. The molecule has 0 aliphatic rings. The molecule has 0 rings (SSSR count). The molecular weight excluding hydrogens is 216 g/mol. The minimum atomic E-state index is -1.47. The van der Waals surface area contributed by atoms with Crippen molar-refractivity contribution >= 4 is 14.0 Å². The molecule has 2 nitrogen and oxygen atoms in total. The monoisotopic (exact) mass is 240 g/mol. The molecule has 0 bridgehead atoms. The first-order valence-electron chi connectivity index (χ1n) is 5.59. The maximum Gasteiger partial charge on any atom is 0.337 e. The molecule has 0 aromatic heterocycles. The molecule has 0 aliphatic heterocycles. The Labute approximate surface area is 100 Å². The van der Waals surface area contributed by atoms with Gasteiger partial charge in [0, 0.05) is 0 Å². The lowest BCUT2D eigenvalue weighted by molar-refractivity contribution is -0.135. The summed E-state index contributed by atoms with van der Waals surface area (Å²) in [6, 6.07) is 0. The maximum atomic E-state index is 11.4. The van der Waals surface area contributed by atoms with Gasteiger partial charge in [0.2, 0.25) is 0 Å². The smallest absolute Gasteiger partial charge is 0.337 e. The van der Waals surface area contributed by atoms with E-state index in [4.69, 9.17) is 4.74 Å². The largest absolute Gasteiger partial charge is 0.465 e. The van der Waals surface area contributed by atoms with E-state index in [9.17, 15) is 4.79 Å². The predicted molar refractivity (Wildman–Crippen MR) is 72.1 cm³/mol. The molecular formula is C13H24O2Si. The van der Waals surface area contributed by atoms with Gasteiger partial charge < -0.3 is 4.74 Å². The Morgan fingerprint density at radius 2 is 1.75 bits per heavy atom. The van der Waals surface area contributed by atoms with Gasteiger partial charge in [-0.1, -0.05) is 51.7 Å². The Hall–Kier alpha value is -0.833. The molecule has 0 fully saturated rings. The predicted octanol–water partition coefficient (Wildman–Crippen LogP) is 3.71. The molecule has 0 aromatic rings. The molecule has 0 amide bonds. The molecule has 0 aliphatic carbocycles. The summed E-state index contributed by atoms with van der Waals surface area (Å²) in [5.41, 5.74) is 2.84. The number of allylic oxidation sites excluding steroid dienone is 1. The number of carbonyl (C=O) groups is 1. The first kappa shape index (κ1) is 15.2. The topological polar surface area (TPSA) is 26.3 Å². The molecule has 16 heavy (non-hydrogen) atoms. The summed E-state index contributed by atoms with van der Waals surface area (Å²) >= 11 is 0. The molecule has 0 saturated carbocycles. The van der Waals surface area contributed by atoms with Gasteiger partial charge in [0.25, 0.3) is 0 Å². The van der Waals surface area contributed by atoms with E-state index in [0.717, 1.165) is 0 Å². The summed E-state index contributed by atoms with van der Waals surface area (Å²) in [6.07, 6.45) is 3.69. The third-order valence-corrected chi connectivity index (χ3v) is 8.21. The van der Waals surface area contributed by atoms with Crippen molar-refractivity contribution in [3.63, 3.8) is 0 Å². The van der Waals surface area contributed by atoms with Crippen LogP contribution < -0.4 is 0 Å². The molecule has 0 radical (unpaired) electrons. The first-order valence-corrected chi connectivity index (χ1v) is 8.67. The van der Waals surface area contributed by atoms with Crippen LogP contribution in [0.25, 0.3) is 0 Å². The zero-order valence-electron chi connectivity index (χ0n) is 11.5. The Balaban J connectivity index is 4.91. The number of methoxy groups -OCH3 is 1. The molecule has 0 aromatic carbocycles. The SMILES string of the molecule is C/C=C(/C=C/[Si](C)(C)C(C)(C)C)C(=O)OC. The highest BCUT2D eigenvalue weighted by atomic mass is 28.3. The fourth-order valence-electron chi connectivity index (χ4n) is 0.948. The van der Waals surface area contributed by atoms with Crippen molar-refractivity contribution in [3.8, 4) is 0 Å². The second-order valence-corrected chi connectivity index (χ2v) is 10.8. The number of carbonyl (C=O) groups excluding carboxylic acids is 1. The van der Waals surface area contributed by atoms with E-state index in [2.05, 4.69) is 39.6 Å². The van der Waals surface area contributed by atoms with E-state index in [1.807, 2.05) is 13.0 Å². The highest BCUT2D eigenvalue weighted by molar-refractivity contribution is 6.84. The van der Waals surface area contributed by atoms with Crippen molar-refractivity contribution < 1.29 is 9.53 Å². The summed E-state index contributed by atoms with van der Waals surface area (Å²) in [7, 11) is -0.0630. The summed E-state index contributed by atoms with van der Waals surface area (Å²) < 4.78 is 4.71. The highest BCUT2D eigenvalue weighted by Gasteiger charge is 2.32. The number of ether oxygens (including phenoxy) is 1. The third kappa shape index (κ3) is 3.97. The minimum absolute atomic E-state index is 0.266. The number of esters is 1. The Morgan fingerprint density at radius 3 is 2.06 bits per heavy atom. The lowest BCUT2D eigenvalue weighted by Crippen LogP contribution is -2.35. The maximum absolute atomic E-state index is 11.4. The third-order valence-electron chi connectivity index (χ3n) is 3.34. The number of hydrogen-bond donors (Lipinski definition) is 0. The second-order valence-electron chi connectivity index (χ2n) is 5.54. The van der Waals surface area contributed by atoms with Crippen LogP contribution in [0.15, 0.2) is 23.4 Å². The van der Waals surface area contributed by atoms with Crippen LogP contribution in [0.2, 0.25) is 18.1 Å². The lowest BCUT2D eigenvalue weighted by atomic mass is 10.2. The fourth-order valence-corrected chi connectivity index (χ4v) is 2.04. The molecule has 0 saturated heterocycles. The molecule has 0 heterocycles. The Kier molecular flexibility index (Phi) is 5.20. The molecule has 3 heteroatoms. The van der Waals surface area contributed by atoms with Crippen LogP contribution in [0.5, 0.6) is 0 Å². The quantitative estimate of drug-likeness (QED) is 0.325. The van der Waals surface area contributed by atoms with Gasteiger partial charge in [0.1, 0.15) is 0 Å². The lowest BCUT2D eigenvalue weighted by Gasteiger charge is -2.34. The van der Waals surface area contributed by atoms with Crippen molar-refractivity contribution in [1.29, 1.82) is 0 Å². The van der Waals surface area contributed by atoms with Crippen molar-refractivity contribution in [3.05, 3.63) is 23.4 Å². The molecule has 0 atom stereocenters. The second kappa shape index (κ2) is 5.48. The number of rotatable bonds is 3. The van der Waals surface area contributed by atoms with Crippen molar-refractivity contribution in [2.24, 2.45) is 0 Å². The van der Waals surface area contributed by atoms with Crippen LogP contribution in [0.1, 0.15) is 27.7 Å². The summed E-state index contributed by atoms with van der Waals surface area (Å²) in [5.74, 6) is -0.266. The first-order chi connectivity index (χ1) is 7.15. The van der Waals surface area contributed by atoms with Crippen LogP contribution in [-0.2, 0) is 9.53 Å². The van der Waals surface area contributed by atoms with Gasteiger partial charge >= 0.3 is 5.97 Å². The van der Waals surface area contributed by atoms with Gasteiger partial charge in [-0.25, -0.2) is 4.79 Å². The van der Waals surface area contributed by atoms with E-state index < -0.39 is 8.07 Å². The van der Waals surface area contributed by atoms with E-state index in [0.29, 0.717) is 10.6 Å². The van der Waals surface area contributed by atoms with Crippen molar-refractivity contribution in [2.45, 2.75) is 45.8 Å². The standard InChI is InChI=1S/C13H24O2Si/c1-8-11(12(14)15-5)9-10-16(6,7)13(2,3)4/h8-10H,1-7H3/b10-9+,11-8-. The van der Waals surface area contributed by atoms with Crippen molar-refractivity contribution in [2.75, 3.05) is 7.11 Å². The normalized spacial score (nSPS) is 14.3. The zero-order valence-corrected chi connectivity index (χ0v) is 12.5. The van der Waals surface area contributed by atoms with Gasteiger partial charge in [0.15, 0.2) is 0 Å². The number of hydrogen-bond acceptors (Lipinski definition) is 2. The van der Waals surface area contributed by atoms with Crippen LogP contribution in [0, 0.1) is 0 Å². The Bertz CT molecular complexity index is 306. The van der Waals surface area contributed by atoms with E-state index in [1.54, 1.807) is 6.08 Å². The summed E-state index contributed by atoms with van der Waals surface area (Å²) in [6.45, 7) is 13.2. The van der Waals surface area contributed by atoms with Gasteiger partial charge in [-0.2, -0.15) is 0 Å². The van der Waals surface area contributed by atoms with Crippen molar-refractivity contribution in [1.82, 2.24) is 0 Å². The molecule has 92 valence electrons. The minimum Gasteiger partial charge on any atom is -0.465 e. The van der Waals surface area contributed by atoms with E-state index in [-0.39, 0.29) is 5.97 Å². The summed E-state index contributed by atoms with van der Waals surface area (Å²) in [4.78, 5) is 11.4. The average Bonchev–Trinajstić information content (AvgIpc) is 2.16. The van der Waals surface area contributed by atoms with Crippen LogP contribution in [0.4, 0.5) is 0 Å². The molecule has 0 spiro atoms. The van der Waals surface area contributed by atoms with E-state index in [1.165, 1.54) is 7.11 Å². The van der Waals surface area contributed by atoms with Gasteiger partial charge in [-0.15, -0.1) is 0 Å². The summed E-state index contributed by atoms with van der Waals surface area (Å²) in [5, 5.41) is 0.290. The van der Waals surface area contributed by atoms with E-state index >= 15 is 0 Å². The zero-order chi connectivity index (χ0) is 13.0. The van der Waals surface area contributed by atoms with Crippen LogP contribution in [0.3, 0.4) is 0 Å². The van der Waals surface area contributed by atoms with Gasteiger partial charge in [-0.05, 0) is 12.0 Å². The highest BCUT2D eigenvalue weighted by Crippen LogP contribution is 2.36. The average molecular weight is 240 g/mol. The van der Waals surface area contributed by atoms with Crippen LogP contribution >= 0.6 is 0 Å². The molecule has 0 N–H and O–H groups in total. The van der Waals surface area contributed by atoms with Gasteiger partial charge in [-0.3, -0.25) is 0 Å². The van der Waals surface area contributed by atoms with Crippen LogP contribution in [-0.4, -0.2) is 21.2 Å².